The zero-order valence-corrected chi connectivity index (χ0v) is 11.1. The van der Waals surface area contributed by atoms with E-state index in [9.17, 15) is 18.4 Å². The zero-order valence-electron chi connectivity index (χ0n) is 11.1. The summed E-state index contributed by atoms with van der Waals surface area (Å²) in [6, 6.07) is 6.35. The molecule has 0 radical (unpaired) electrons. The lowest BCUT2D eigenvalue weighted by atomic mass is 10.1. The molecule has 1 aliphatic carbocycles. The highest BCUT2D eigenvalue weighted by atomic mass is 19.3. The van der Waals surface area contributed by atoms with E-state index in [2.05, 4.69) is 10.1 Å². The summed E-state index contributed by atoms with van der Waals surface area (Å²) in [5.74, 6) is -2.27. The van der Waals surface area contributed by atoms with Gasteiger partial charge in [0.05, 0.1) is 11.8 Å². The third kappa shape index (κ3) is 4.14. The van der Waals surface area contributed by atoms with Crippen LogP contribution in [0.5, 0.6) is 5.75 Å². The normalized spacial score (nSPS) is 20.1. The van der Waals surface area contributed by atoms with E-state index in [1.807, 2.05) is 0 Å². The topological polar surface area (TPSA) is 75.6 Å². The largest absolute Gasteiger partial charge is 0.481 e. The van der Waals surface area contributed by atoms with Gasteiger partial charge in [-0.25, -0.2) is 0 Å². The summed E-state index contributed by atoms with van der Waals surface area (Å²) in [5, 5.41) is 11.3. The Morgan fingerprint density at radius 2 is 2.05 bits per heavy atom. The SMILES string of the molecule is O=C(O)C1CC1C(=O)NCCc1ccccc1OC(F)F. The Bertz CT molecular complexity index is 535. The average molecular weight is 299 g/mol. The Morgan fingerprint density at radius 1 is 1.33 bits per heavy atom. The third-order valence-corrected chi connectivity index (χ3v) is 3.33. The second-order valence-electron chi connectivity index (χ2n) is 4.81. The fourth-order valence-electron chi connectivity index (χ4n) is 2.13. The Labute approximate surface area is 119 Å². The van der Waals surface area contributed by atoms with Crippen LogP contribution in [0.3, 0.4) is 0 Å². The minimum Gasteiger partial charge on any atom is -0.481 e. The number of amides is 1. The van der Waals surface area contributed by atoms with Gasteiger partial charge in [0.2, 0.25) is 5.91 Å². The van der Waals surface area contributed by atoms with E-state index in [1.165, 1.54) is 6.07 Å². The molecule has 1 amide bonds. The summed E-state index contributed by atoms with van der Waals surface area (Å²) in [6.07, 6.45) is 0.686. The molecule has 2 atom stereocenters. The van der Waals surface area contributed by atoms with Gasteiger partial charge in [0.25, 0.3) is 0 Å². The highest BCUT2D eigenvalue weighted by Gasteiger charge is 2.48. The van der Waals surface area contributed by atoms with E-state index in [1.54, 1.807) is 18.2 Å². The van der Waals surface area contributed by atoms with Crippen LogP contribution < -0.4 is 10.1 Å². The van der Waals surface area contributed by atoms with Crippen molar-refractivity contribution in [1.82, 2.24) is 5.32 Å². The van der Waals surface area contributed by atoms with Gasteiger partial charge >= 0.3 is 12.6 Å². The maximum absolute atomic E-state index is 12.2. The quantitative estimate of drug-likeness (QED) is 0.803. The Balaban J connectivity index is 1.81. The van der Waals surface area contributed by atoms with Gasteiger partial charge in [0.1, 0.15) is 5.75 Å². The van der Waals surface area contributed by atoms with Crippen molar-refractivity contribution in [2.75, 3.05) is 6.54 Å². The van der Waals surface area contributed by atoms with Crippen molar-refractivity contribution in [3.63, 3.8) is 0 Å². The number of halogens is 2. The summed E-state index contributed by atoms with van der Waals surface area (Å²) >= 11 is 0. The minimum absolute atomic E-state index is 0.0802. The molecule has 1 aliphatic rings. The monoisotopic (exact) mass is 299 g/mol. The van der Waals surface area contributed by atoms with E-state index < -0.39 is 24.4 Å². The number of carboxylic acid groups (broad SMARTS) is 1. The van der Waals surface area contributed by atoms with Crippen molar-refractivity contribution < 1.29 is 28.2 Å². The second-order valence-corrected chi connectivity index (χ2v) is 4.81. The number of ether oxygens (including phenoxy) is 1. The van der Waals surface area contributed by atoms with Crippen molar-refractivity contribution in [1.29, 1.82) is 0 Å². The average Bonchev–Trinajstić information content (AvgIpc) is 3.20. The van der Waals surface area contributed by atoms with Crippen LogP contribution in [-0.4, -0.2) is 30.1 Å². The molecule has 0 spiro atoms. The van der Waals surface area contributed by atoms with Gasteiger partial charge in [0, 0.05) is 6.54 Å². The first-order chi connectivity index (χ1) is 9.99. The van der Waals surface area contributed by atoms with Crippen molar-refractivity contribution in [3.05, 3.63) is 29.8 Å². The predicted molar refractivity (Wildman–Crippen MR) is 69.0 cm³/mol. The zero-order chi connectivity index (χ0) is 15.4. The number of hydrogen-bond donors (Lipinski definition) is 2. The van der Waals surface area contributed by atoms with Crippen LogP contribution in [-0.2, 0) is 16.0 Å². The maximum Gasteiger partial charge on any atom is 0.387 e. The van der Waals surface area contributed by atoms with Crippen molar-refractivity contribution in [3.8, 4) is 5.75 Å². The van der Waals surface area contributed by atoms with Crippen LogP contribution in [0.4, 0.5) is 8.78 Å². The number of aliphatic carboxylic acids is 1. The highest BCUT2D eigenvalue weighted by Crippen LogP contribution is 2.38. The number of benzene rings is 1. The fraction of sp³-hybridized carbons (Fsp3) is 0.429. The summed E-state index contributed by atoms with van der Waals surface area (Å²) in [5.41, 5.74) is 0.559. The smallest absolute Gasteiger partial charge is 0.387 e. The lowest BCUT2D eigenvalue weighted by molar-refractivity contribution is -0.140. The van der Waals surface area contributed by atoms with E-state index in [0.29, 0.717) is 18.4 Å². The molecule has 21 heavy (non-hydrogen) atoms. The Kier molecular flexibility index (Phi) is 4.72. The molecule has 0 bridgehead atoms. The van der Waals surface area contributed by atoms with Gasteiger partial charge < -0.3 is 15.2 Å². The molecule has 5 nitrogen and oxygen atoms in total. The maximum atomic E-state index is 12.2. The molecule has 2 rings (SSSR count). The molecule has 1 aromatic rings. The van der Waals surface area contributed by atoms with Crippen LogP contribution in [0.2, 0.25) is 0 Å². The first-order valence-corrected chi connectivity index (χ1v) is 6.52. The first kappa shape index (κ1) is 15.2. The molecule has 0 saturated heterocycles. The fourth-order valence-corrected chi connectivity index (χ4v) is 2.13. The van der Waals surface area contributed by atoms with Crippen molar-refractivity contribution in [2.24, 2.45) is 11.8 Å². The van der Waals surface area contributed by atoms with Crippen LogP contribution in [0.15, 0.2) is 24.3 Å². The Hall–Kier alpha value is -2.18. The van der Waals surface area contributed by atoms with Crippen LogP contribution >= 0.6 is 0 Å². The number of hydrogen-bond acceptors (Lipinski definition) is 3. The standard InChI is InChI=1S/C14H15F2NO4/c15-14(16)21-11-4-2-1-3-8(11)5-6-17-12(18)9-7-10(9)13(19)20/h1-4,9-10,14H,5-7H2,(H,17,18)(H,19,20). The first-order valence-electron chi connectivity index (χ1n) is 6.52. The van der Waals surface area contributed by atoms with Crippen LogP contribution in [0.1, 0.15) is 12.0 Å². The summed E-state index contributed by atoms with van der Waals surface area (Å²) in [7, 11) is 0. The van der Waals surface area contributed by atoms with Crippen LogP contribution in [0.25, 0.3) is 0 Å². The van der Waals surface area contributed by atoms with Crippen molar-refractivity contribution >= 4 is 11.9 Å². The third-order valence-electron chi connectivity index (χ3n) is 3.33. The summed E-state index contributed by atoms with van der Waals surface area (Å²) in [6.45, 7) is -2.66. The molecular weight excluding hydrogens is 284 g/mol. The van der Waals surface area contributed by atoms with Gasteiger partial charge in [-0.15, -0.1) is 0 Å². The van der Waals surface area contributed by atoms with E-state index >= 15 is 0 Å². The van der Waals surface area contributed by atoms with E-state index in [0.717, 1.165) is 0 Å². The lowest BCUT2D eigenvalue weighted by Crippen LogP contribution is -2.28. The summed E-state index contributed by atoms with van der Waals surface area (Å²) in [4.78, 5) is 22.3. The molecule has 7 heteroatoms. The predicted octanol–water partition coefficient (Wildman–Crippen LogP) is 1.67. The Morgan fingerprint density at radius 3 is 2.67 bits per heavy atom. The molecule has 114 valence electrons. The van der Waals surface area contributed by atoms with Gasteiger partial charge in [-0.05, 0) is 24.5 Å². The van der Waals surface area contributed by atoms with Gasteiger partial charge in [-0.3, -0.25) is 9.59 Å². The number of alkyl halides is 2. The highest BCUT2D eigenvalue weighted by molar-refractivity contribution is 5.89. The number of carbonyl (C=O) groups excluding carboxylic acids is 1. The number of carbonyl (C=O) groups is 2. The van der Waals surface area contributed by atoms with E-state index in [-0.39, 0.29) is 18.2 Å². The molecule has 0 aliphatic heterocycles. The number of carboxylic acids is 1. The van der Waals surface area contributed by atoms with Crippen molar-refractivity contribution in [2.45, 2.75) is 19.5 Å². The molecule has 0 aromatic heterocycles. The number of rotatable bonds is 7. The molecular formula is C14H15F2NO4. The van der Waals surface area contributed by atoms with Gasteiger partial charge in [-0.2, -0.15) is 8.78 Å². The minimum atomic E-state index is -2.90. The molecule has 1 saturated carbocycles. The van der Waals surface area contributed by atoms with Gasteiger partial charge in [0.15, 0.2) is 0 Å². The number of para-hydroxylation sites is 1. The molecule has 2 N–H and O–H groups in total. The molecule has 2 unspecified atom stereocenters. The van der Waals surface area contributed by atoms with Crippen LogP contribution in [0, 0.1) is 11.8 Å². The van der Waals surface area contributed by atoms with E-state index in [4.69, 9.17) is 5.11 Å². The lowest BCUT2D eigenvalue weighted by Gasteiger charge is -2.11. The molecule has 1 aromatic carbocycles. The second kappa shape index (κ2) is 6.51. The summed E-state index contributed by atoms with van der Waals surface area (Å²) < 4.78 is 28.9. The number of nitrogens with one attached hydrogen (secondary N) is 1. The molecule has 1 fully saturated rings. The van der Waals surface area contributed by atoms with Gasteiger partial charge in [-0.1, -0.05) is 18.2 Å². The molecule has 0 heterocycles.